The number of nitrogens with zero attached hydrogens (tertiary/aromatic N) is 4. The van der Waals surface area contributed by atoms with Crippen molar-refractivity contribution < 1.29 is 23.7 Å². The highest BCUT2D eigenvalue weighted by Gasteiger charge is 2.22. The highest BCUT2D eigenvalue weighted by atomic mass is 31.2. The largest absolute Gasteiger partial charge is 0.382 e. The fourth-order valence-electron chi connectivity index (χ4n) is 2.39. The van der Waals surface area contributed by atoms with Crippen molar-refractivity contribution in [3.05, 3.63) is 12.7 Å². The van der Waals surface area contributed by atoms with Gasteiger partial charge in [0.2, 0.25) is 0 Å². The first-order chi connectivity index (χ1) is 12.9. The summed E-state index contributed by atoms with van der Waals surface area (Å²) >= 11 is 0. The van der Waals surface area contributed by atoms with Gasteiger partial charge in [-0.1, -0.05) is 0 Å². The van der Waals surface area contributed by atoms with E-state index in [0.717, 1.165) is 0 Å². The van der Waals surface area contributed by atoms with Crippen LogP contribution in [0, 0.1) is 0 Å². The van der Waals surface area contributed by atoms with Gasteiger partial charge >= 0.3 is 0 Å². The summed E-state index contributed by atoms with van der Waals surface area (Å²) in [4.78, 5) is 22.3. The molecule has 0 aromatic carbocycles. The fraction of sp³-hybridized carbons (Fsp3) is 0.667. The maximum absolute atomic E-state index is 12.2. The molecule has 2 heterocycles. The van der Waals surface area contributed by atoms with Crippen molar-refractivity contribution in [2.24, 2.45) is 0 Å². The summed E-state index contributed by atoms with van der Waals surface area (Å²) in [7, 11) is -3.70. The Hall–Kier alpha value is -1.62. The summed E-state index contributed by atoms with van der Waals surface area (Å²) in [5.74, 6) is 0.300. The lowest BCUT2D eigenvalue weighted by atomic mass is 10.4. The van der Waals surface area contributed by atoms with Gasteiger partial charge in [-0.25, -0.2) is 20.0 Å². The van der Waals surface area contributed by atoms with Crippen LogP contribution in [0.4, 0.5) is 5.82 Å². The Balaban J connectivity index is 1.85. The summed E-state index contributed by atoms with van der Waals surface area (Å²) in [5.41, 5.74) is 6.85. The van der Waals surface area contributed by atoms with Gasteiger partial charge in [-0.05, 0) is 20.8 Å². The first-order valence-electron chi connectivity index (χ1n) is 8.69. The topological polar surface area (TPSA) is 147 Å². The minimum Gasteiger partial charge on any atom is -0.382 e. The number of hydrogen-bond acceptors (Lipinski definition) is 8. The van der Waals surface area contributed by atoms with Crippen LogP contribution in [-0.2, 0) is 25.3 Å². The van der Waals surface area contributed by atoms with E-state index >= 15 is 0 Å². The molecule has 2 atom stereocenters. The predicted octanol–water partition coefficient (Wildman–Crippen LogP) is 0.945. The molecule has 2 aromatic heterocycles. The second kappa shape index (κ2) is 10.1. The molecule has 27 heavy (non-hydrogen) atoms. The second-order valence-electron chi connectivity index (χ2n) is 5.84. The Morgan fingerprint density at radius 2 is 1.96 bits per heavy atom. The average Bonchev–Trinajstić information content (AvgIpc) is 3.03. The van der Waals surface area contributed by atoms with E-state index in [1.807, 2.05) is 13.8 Å². The van der Waals surface area contributed by atoms with Crippen LogP contribution in [0.1, 0.15) is 20.8 Å². The molecule has 2 aromatic rings. The second-order valence-corrected chi connectivity index (χ2v) is 7.82. The minimum absolute atomic E-state index is 0.0928. The van der Waals surface area contributed by atoms with Crippen LogP contribution >= 0.6 is 7.52 Å². The molecule has 0 amide bonds. The lowest BCUT2D eigenvalue weighted by Gasteiger charge is -2.21. The number of ether oxygens (including phenoxy) is 3. The number of nitrogens with two attached hydrogens (primary N) is 1. The van der Waals surface area contributed by atoms with Crippen LogP contribution in [0.15, 0.2) is 12.7 Å². The number of aromatic nitrogens is 4. The monoisotopic (exact) mass is 402 g/mol. The normalized spacial score (nSPS) is 15.3. The van der Waals surface area contributed by atoms with Gasteiger partial charge in [0, 0.05) is 13.2 Å². The Kier molecular flexibility index (Phi) is 8.08. The molecule has 12 heteroatoms. The third-order valence-electron chi connectivity index (χ3n) is 3.63. The zero-order valence-corrected chi connectivity index (χ0v) is 16.6. The van der Waals surface area contributed by atoms with Gasteiger partial charge in [-0.3, -0.25) is 4.57 Å². The van der Waals surface area contributed by atoms with E-state index < -0.39 is 13.8 Å². The fourth-order valence-corrected chi connectivity index (χ4v) is 3.37. The lowest BCUT2D eigenvalue weighted by Crippen LogP contribution is -2.31. The first-order valence-corrected chi connectivity index (χ1v) is 10.5. The molecule has 152 valence electrons. The van der Waals surface area contributed by atoms with Crippen LogP contribution in [-0.4, -0.2) is 62.9 Å². The summed E-state index contributed by atoms with van der Waals surface area (Å²) in [6, 6.07) is 0. The average molecular weight is 402 g/mol. The number of rotatable bonds is 12. The van der Waals surface area contributed by atoms with E-state index in [9.17, 15) is 9.46 Å². The van der Waals surface area contributed by atoms with Crippen LogP contribution in [0.2, 0.25) is 0 Å². The van der Waals surface area contributed by atoms with E-state index in [1.54, 1.807) is 17.8 Å². The van der Waals surface area contributed by atoms with E-state index in [1.165, 1.54) is 6.33 Å². The van der Waals surface area contributed by atoms with Gasteiger partial charge < -0.3 is 29.4 Å². The predicted molar refractivity (Wildman–Crippen MR) is 100 cm³/mol. The van der Waals surface area contributed by atoms with Gasteiger partial charge in [-0.15, -0.1) is 0 Å². The van der Waals surface area contributed by atoms with Crippen molar-refractivity contribution in [3.8, 4) is 0 Å². The summed E-state index contributed by atoms with van der Waals surface area (Å²) in [5, 5.41) is 2.56. The molecule has 0 bridgehead atoms. The third kappa shape index (κ3) is 6.49. The first kappa shape index (κ1) is 21.7. The van der Waals surface area contributed by atoms with Gasteiger partial charge in [-0.2, -0.15) is 0 Å². The van der Waals surface area contributed by atoms with E-state index in [0.29, 0.717) is 36.7 Å². The minimum atomic E-state index is -3.70. The molecule has 0 spiro atoms. The third-order valence-corrected chi connectivity index (χ3v) is 4.80. The Morgan fingerprint density at radius 3 is 2.63 bits per heavy atom. The Bertz CT molecular complexity index is 766. The van der Waals surface area contributed by atoms with E-state index in [4.69, 9.17) is 19.9 Å². The van der Waals surface area contributed by atoms with Crippen molar-refractivity contribution in [2.45, 2.75) is 39.7 Å². The molecular formula is C15H27N6O5P. The molecule has 0 aliphatic rings. The molecular weight excluding hydrogens is 375 g/mol. The van der Waals surface area contributed by atoms with Gasteiger partial charge in [0.05, 0.1) is 25.5 Å². The van der Waals surface area contributed by atoms with Crippen molar-refractivity contribution >= 4 is 24.5 Å². The number of nitrogen functional groups attached to an aromatic ring is 1. The standard InChI is InChI=1S/C15H27N6O5P/c1-4-24-12(25-5-2)6-20-27(22,23)10-26-11(3)7-21-9-19-13-14(16)17-8-18-15(13)21/h8-9,11-12H,4-7,10H2,1-3H3,(H2,16,17,18)(H2,20,22,23). The zero-order valence-electron chi connectivity index (χ0n) is 15.7. The highest BCUT2D eigenvalue weighted by molar-refractivity contribution is 7.55. The summed E-state index contributed by atoms with van der Waals surface area (Å²) < 4.78 is 30.2. The van der Waals surface area contributed by atoms with Crippen molar-refractivity contribution in [1.29, 1.82) is 0 Å². The van der Waals surface area contributed by atoms with Crippen LogP contribution in [0.5, 0.6) is 0 Å². The molecule has 0 saturated heterocycles. The maximum Gasteiger partial charge on any atom is 0.292 e. The maximum atomic E-state index is 12.2. The Labute approximate surface area is 157 Å². The molecule has 11 nitrogen and oxygen atoms in total. The number of hydrogen-bond donors (Lipinski definition) is 3. The van der Waals surface area contributed by atoms with E-state index in [2.05, 4.69) is 20.0 Å². The molecule has 2 unspecified atom stereocenters. The van der Waals surface area contributed by atoms with Gasteiger partial charge in [0.25, 0.3) is 7.52 Å². The zero-order chi connectivity index (χ0) is 19.9. The van der Waals surface area contributed by atoms with Crippen LogP contribution < -0.4 is 10.8 Å². The summed E-state index contributed by atoms with van der Waals surface area (Å²) in [6.07, 6.45) is 1.67. The molecule has 0 saturated carbocycles. The van der Waals surface area contributed by atoms with Crippen LogP contribution in [0.25, 0.3) is 11.2 Å². The number of nitrogens with one attached hydrogen (secondary N) is 1. The molecule has 4 N–H and O–H groups in total. The van der Waals surface area contributed by atoms with Crippen LogP contribution in [0.3, 0.4) is 0 Å². The number of fused-ring (bicyclic) bond motifs is 1. The van der Waals surface area contributed by atoms with Gasteiger partial charge in [0.15, 0.2) is 17.8 Å². The molecule has 0 fully saturated rings. The molecule has 2 rings (SSSR count). The molecule has 0 radical (unpaired) electrons. The SMILES string of the molecule is CCOC(CNP(=O)(O)COC(C)Cn1cnc2c(N)ncnc21)OCC. The van der Waals surface area contributed by atoms with Crippen molar-refractivity contribution in [1.82, 2.24) is 24.6 Å². The van der Waals surface area contributed by atoms with Gasteiger partial charge in [0.1, 0.15) is 18.2 Å². The summed E-state index contributed by atoms with van der Waals surface area (Å²) in [6.45, 7) is 6.83. The Morgan fingerprint density at radius 1 is 1.26 bits per heavy atom. The quantitative estimate of drug-likeness (QED) is 0.346. The highest BCUT2D eigenvalue weighted by Crippen LogP contribution is 2.35. The molecule has 0 aliphatic heterocycles. The number of anilines is 1. The lowest BCUT2D eigenvalue weighted by molar-refractivity contribution is -0.130. The number of imidazole rings is 1. The van der Waals surface area contributed by atoms with E-state index in [-0.39, 0.29) is 19.0 Å². The van der Waals surface area contributed by atoms with Crippen molar-refractivity contribution in [3.63, 3.8) is 0 Å². The van der Waals surface area contributed by atoms with Crippen molar-refractivity contribution in [2.75, 3.05) is 31.8 Å². The molecule has 0 aliphatic carbocycles. The smallest absolute Gasteiger partial charge is 0.292 e.